The Balaban J connectivity index is 1.67. The summed E-state index contributed by atoms with van der Waals surface area (Å²) in [5.74, 6) is -0.287. The first kappa shape index (κ1) is 17.7. The molecule has 126 valence electrons. The van der Waals surface area contributed by atoms with Crippen LogP contribution in [0.3, 0.4) is 0 Å². The van der Waals surface area contributed by atoms with Gasteiger partial charge in [-0.25, -0.2) is 0 Å². The number of amides is 2. The normalized spacial score (nSPS) is 10.3. The molecule has 0 aliphatic heterocycles. The lowest BCUT2D eigenvalue weighted by Gasteiger charge is -2.09. The summed E-state index contributed by atoms with van der Waals surface area (Å²) in [5.41, 5.74) is 1.83. The molecule has 3 aromatic rings. The fraction of sp³-hybridized carbons (Fsp3) is 0. The number of carbonyl (C=O) groups excluding carboxylic acids is 2. The molecule has 5 nitrogen and oxygen atoms in total. The van der Waals surface area contributed by atoms with E-state index in [0.717, 1.165) is 8.04 Å². The molecule has 2 aromatic carbocycles. The van der Waals surface area contributed by atoms with Crippen LogP contribution in [0.1, 0.15) is 20.9 Å². The van der Waals surface area contributed by atoms with E-state index in [0.29, 0.717) is 16.9 Å². The Labute approximate surface area is 166 Å². The summed E-state index contributed by atoms with van der Waals surface area (Å²) < 4.78 is 6.74. The first-order valence-electron chi connectivity index (χ1n) is 7.24. The Hall–Kier alpha value is -2.13. The van der Waals surface area contributed by atoms with Crippen molar-refractivity contribution >= 4 is 61.7 Å². The summed E-state index contributed by atoms with van der Waals surface area (Å²) in [5, 5.41) is 5.56. The van der Waals surface area contributed by atoms with Crippen LogP contribution < -0.4 is 10.6 Å². The van der Waals surface area contributed by atoms with Gasteiger partial charge in [0.1, 0.15) is 0 Å². The van der Waals surface area contributed by atoms with Crippen molar-refractivity contribution in [1.82, 2.24) is 0 Å². The SMILES string of the molecule is O=C(Nc1ccc(NC(=O)c2cc(Br)ccc2I)cc1)c1ccco1. The van der Waals surface area contributed by atoms with E-state index in [1.807, 2.05) is 12.1 Å². The van der Waals surface area contributed by atoms with Crippen LogP contribution >= 0.6 is 38.5 Å². The number of halogens is 2. The monoisotopic (exact) mass is 510 g/mol. The van der Waals surface area contributed by atoms with Gasteiger partial charge >= 0.3 is 0 Å². The highest BCUT2D eigenvalue weighted by Crippen LogP contribution is 2.21. The number of benzene rings is 2. The molecule has 0 fully saturated rings. The summed E-state index contributed by atoms with van der Waals surface area (Å²) in [6.45, 7) is 0. The van der Waals surface area contributed by atoms with Crippen LogP contribution in [0.2, 0.25) is 0 Å². The van der Waals surface area contributed by atoms with Crippen LogP contribution in [0, 0.1) is 3.57 Å². The number of hydrogen-bond acceptors (Lipinski definition) is 3. The minimum Gasteiger partial charge on any atom is -0.459 e. The molecule has 0 radical (unpaired) electrons. The maximum Gasteiger partial charge on any atom is 0.291 e. The molecule has 25 heavy (non-hydrogen) atoms. The van der Waals surface area contributed by atoms with Crippen molar-refractivity contribution in [3.05, 3.63) is 80.2 Å². The first-order chi connectivity index (χ1) is 12.0. The van der Waals surface area contributed by atoms with Gasteiger partial charge in [-0.05, 0) is 77.2 Å². The molecule has 0 atom stereocenters. The van der Waals surface area contributed by atoms with Crippen LogP contribution in [-0.2, 0) is 0 Å². The van der Waals surface area contributed by atoms with Crippen LogP contribution in [0.25, 0.3) is 0 Å². The average Bonchev–Trinajstić information content (AvgIpc) is 3.13. The van der Waals surface area contributed by atoms with Crippen LogP contribution in [-0.4, -0.2) is 11.8 Å². The lowest BCUT2D eigenvalue weighted by molar-refractivity contribution is 0.0994. The molecule has 1 heterocycles. The second-order valence-electron chi connectivity index (χ2n) is 5.09. The highest BCUT2D eigenvalue weighted by atomic mass is 127. The van der Waals surface area contributed by atoms with Gasteiger partial charge in [-0.15, -0.1) is 0 Å². The van der Waals surface area contributed by atoms with Crippen molar-refractivity contribution in [2.45, 2.75) is 0 Å². The molecule has 2 N–H and O–H groups in total. The minimum absolute atomic E-state index is 0.196. The van der Waals surface area contributed by atoms with Crippen LogP contribution in [0.4, 0.5) is 11.4 Å². The van der Waals surface area contributed by atoms with E-state index < -0.39 is 0 Å². The van der Waals surface area contributed by atoms with Crippen LogP contribution in [0.5, 0.6) is 0 Å². The molecule has 7 heteroatoms. The maximum absolute atomic E-state index is 12.4. The third-order valence-electron chi connectivity index (χ3n) is 3.32. The van der Waals surface area contributed by atoms with E-state index >= 15 is 0 Å². The van der Waals surface area contributed by atoms with Crippen LogP contribution in [0.15, 0.2) is 69.8 Å². The Morgan fingerprint density at radius 3 is 2.16 bits per heavy atom. The lowest BCUT2D eigenvalue weighted by Crippen LogP contribution is -2.14. The Morgan fingerprint density at radius 2 is 1.56 bits per heavy atom. The molecule has 0 aliphatic carbocycles. The van der Waals surface area contributed by atoms with E-state index in [-0.39, 0.29) is 17.6 Å². The largest absolute Gasteiger partial charge is 0.459 e. The molecule has 0 aliphatic rings. The van der Waals surface area contributed by atoms with Gasteiger partial charge in [-0.2, -0.15) is 0 Å². The molecule has 0 unspecified atom stereocenters. The van der Waals surface area contributed by atoms with Crippen molar-refractivity contribution in [3.63, 3.8) is 0 Å². The third kappa shape index (κ3) is 4.49. The number of anilines is 2. The number of hydrogen-bond donors (Lipinski definition) is 2. The maximum atomic E-state index is 12.4. The van der Waals surface area contributed by atoms with Gasteiger partial charge in [-0.1, -0.05) is 15.9 Å². The zero-order valence-electron chi connectivity index (χ0n) is 12.8. The smallest absolute Gasteiger partial charge is 0.291 e. The van der Waals surface area contributed by atoms with Gasteiger partial charge < -0.3 is 15.1 Å². The van der Waals surface area contributed by atoms with Gasteiger partial charge in [0.05, 0.1) is 11.8 Å². The summed E-state index contributed by atoms with van der Waals surface area (Å²) >= 11 is 5.49. The van der Waals surface area contributed by atoms with Gasteiger partial charge in [0, 0.05) is 19.4 Å². The molecule has 0 saturated heterocycles. The second-order valence-corrected chi connectivity index (χ2v) is 7.16. The summed E-state index contributed by atoms with van der Waals surface area (Å²) in [6, 6.07) is 15.6. The highest BCUT2D eigenvalue weighted by Gasteiger charge is 2.12. The molecule has 1 aromatic heterocycles. The van der Waals surface area contributed by atoms with Crippen molar-refractivity contribution in [3.8, 4) is 0 Å². The fourth-order valence-corrected chi connectivity index (χ4v) is 3.05. The minimum atomic E-state index is -0.328. The standard InChI is InChI=1S/C18H12BrIN2O3/c19-11-3-8-15(20)14(10-11)17(23)21-12-4-6-13(7-5-12)22-18(24)16-2-1-9-25-16/h1-10H,(H,21,23)(H,22,24). The number of furan rings is 1. The topological polar surface area (TPSA) is 71.3 Å². The predicted molar refractivity (Wildman–Crippen MR) is 108 cm³/mol. The first-order valence-corrected chi connectivity index (χ1v) is 9.11. The molecule has 0 spiro atoms. The van der Waals surface area contributed by atoms with Crippen molar-refractivity contribution < 1.29 is 14.0 Å². The van der Waals surface area contributed by atoms with Crippen molar-refractivity contribution in [2.24, 2.45) is 0 Å². The van der Waals surface area contributed by atoms with E-state index in [1.165, 1.54) is 6.26 Å². The molecule has 2 amide bonds. The predicted octanol–water partition coefficient (Wildman–Crippen LogP) is 5.15. The lowest BCUT2D eigenvalue weighted by atomic mass is 10.2. The Bertz CT molecular complexity index is 909. The molecule has 3 rings (SSSR count). The summed E-state index contributed by atoms with van der Waals surface area (Å²) in [6.07, 6.45) is 1.44. The van der Waals surface area contributed by atoms with Gasteiger partial charge in [0.25, 0.3) is 11.8 Å². The third-order valence-corrected chi connectivity index (χ3v) is 4.75. The molecular formula is C18H12BrIN2O3. The van der Waals surface area contributed by atoms with Gasteiger partial charge in [0.15, 0.2) is 5.76 Å². The Morgan fingerprint density at radius 1 is 0.920 bits per heavy atom. The zero-order valence-corrected chi connectivity index (χ0v) is 16.5. The highest BCUT2D eigenvalue weighted by molar-refractivity contribution is 14.1. The van der Waals surface area contributed by atoms with Gasteiger partial charge in [0.2, 0.25) is 0 Å². The number of carbonyl (C=O) groups is 2. The summed E-state index contributed by atoms with van der Waals surface area (Å²) in [4.78, 5) is 24.3. The molecular weight excluding hydrogens is 499 g/mol. The molecule has 0 saturated carbocycles. The molecule has 0 bridgehead atoms. The fourth-order valence-electron chi connectivity index (χ4n) is 2.11. The number of nitrogens with one attached hydrogen (secondary N) is 2. The van der Waals surface area contributed by atoms with E-state index in [4.69, 9.17) is 4.42 Å². The van der Waals surface area contributed by atoms with E-state index in [2.05, 4.69) is 49.2 Å². The van der Waals surface area contributed by atoms with Crippen molar-refractivity contribution in [2.75, 3.05) is 10.6 Å². The van der Waals surface area contributed by atoms with E-state index in [9.17, 15) is 9.59 Å². The zero-order chi connectivity index (χ0) is 17.8. The quantitative estimate of drug-likeness (QED) is 0.477. The number of rotatable bonds is 4. The van der Waals surface area contributed by atoms with Crippen molar-refractivity contribution in [1.29, 1.82) is 0 Å². The second kappa shape index (κ2) is 7.83. The summed E-state index contributed by atoms with van der Waals surface area (Å²) in [7, 11) is 0. The van der Waals surface area contributed by atoms with Gasteiger partial charge in [-0.3, -0.25) is 9.59 Å². The van der Waals surface area contributed by atoms with E-state index in [1.54, 1.807) is 42.5 Å². The Kier molecular flexibility index (Phi) is 5.54. The average molecular weight is 511 g/mol.